The Hall–Kier alpha value is -3.58. The lowest BCUT2D eigenvalue weighted by molar-refractivity contribution is -0.144. The maximum Gasteiger partial charge on any atom is 0.451 e. The highest BCUT2D eigenvalue weighted by atomic mass is 32.2. The molecule has 1 aliphatic heterocycles. The summed E-state index contributed by atoms with van der Waals surface area (Å²) in [4.78, 5) is 21.4. The standard InChI is InChI=1S/C24H22F4N4O4S/c1-2-36-22(33)18-7-4-12-32(18)21-19(15-5-3-6-17(13-15)37(29,34)35)20(14-8-10-16(25)11-9-14)30-23(31-21)24(26,27)28/h3,5-6,8-11,13,18H,2,4,7,12H2,1H3,(H2,29,34,35)/t18-/m0/s1. The molecule has 13 heteroatoms. The summed E-state index contributed by atoms with van der Waals surface area (Å²) in [5.41, 5.74) is 0.0715. The van der Waals surface area contributed by atoms with Crippen molar-refractivity contribution in [3.05, 3.63) is 60.2 Å². The lowest BCUT2D eigenvalue weighted by atomic mass is 9.98. The van der Waals surface area contributed by atoms with Gasteiger partial charge in [-0.2, -0.15) is 13.2 Å². The van der Waals surface area contributed by atoms with Crippen LogP contribution in [0.15, 0.2) is 53.4 Å². The van der Waals surface area contributed by atoms with Gasteiger partial charge in [-0.1, -0.05) is 12.1 Å². The number of halogens is 4. The molecular formula is C24H22F4N4O4S. The minimum absolute atomic E-state index is 0.0290. The number of ether oxygens (including phenoxy) is 1. The molecule has 1 aliphatic rings. The Morgan fingerprint density at radius 1 is 1.14 bits per heavy atom. The van der Waals surface area contributed by atoms with Crippen LogP contribution < -0.4 is 10.0 Å². The predicted molar refractivity (Wildman–Crippen MR) is 126 cm³/mol. The summed E-state index contributed by atoms with van der Waals surface area (Å²) in [7, 11) is -4.17. The van der Waals surface area contributed by atoms with Crippen molar-refractivity contribution in [2.75, 3.05) is 18.1 Å². The number of sulfonamides is 1. The second-order valence-electron chi connectivity index (χ2n) is 8.28. The van der Waals surface area contributed by atoms with Crippen molar-refractivity contribution in [3.63, 3.8) is 0 Å². The van der Waals surface area contributed by atoms with E-state index in [-0.39, 0.29) is 46.2 Å². The monoisotopic (exact) mass is 538 g/mol. The highest BCUT2D eigenvalue weighted by Gasteiger charge is 2.40. The summed E-state index contributed by atoms with van der Waals surface area (Å²) in [6, 6.07) is 8.97. The van der Waals surface area contributed by atoms with Gasteiger partial charge >= 0.3 is 12.1 Å². The van der Waals surface area contributed by atoms with Crippen molar-refractivity contribution < 1.29 is 35.5 Å². The van der Waals surface area contributed by atoms with Crippen LogP contribution in [0.5, 0.6) is 0 Å². The van der Waals surface area contributed by atoms with Crippen molar-refractivity contribution in [1.29, 1.82) is 0 Å². The van der Waals surface area contributed by atoms with Crippen LogP contribution in [0, 0.1) is 5.82 Å². The Labute approximate surface area is 210 Å². The Morgan fingerprint density at radius 3 is 2.46 bits per heavy atom. The van der Waals surface area contributed by atoms with E-state index in [0.29, 0.717) is 12.8 Å². The number of carbonyl (C=O) groups is 1. The fourth-order valence-electron chi connectivity index (χ4n) is 4.20. The predicted octanol–water partition coefficient (Wildman–Crippen LogP) is 4.15. The SMILES string of the molecule is CCOC(=O)[C@@H]1CCCN1c1nc(C(F)(F)F)nc(-c2ccc(F)cc2)c1-c1cccc(S(N)(=O)=O)c1. The van der Waals surface area contributed by atoms with Gasteiger partial charge in [0.05, 0.1) is 22.8 Å². The fourth-order valence-corrected chi connectivity index (χ4v) is 4.76. The Morgan fingerprint density at radius 2 is 1.84 bits per heavy atom. The zero-order valence-corrected chi connectivity index (χ0v) is 20.3. The van der Waals surface area contributed by atoms with Gasteiger partial charge in [-0.25, -0.2) is 32.7 Å². The number of primary sulfonamides is 1. The molecule has 196 valence electrons. The van der Waals surface area contributed by atoms with Crippen LogP contribution in [-0.2, 0) is 25.7 Å². The highest BCUT2D eigenvalue weighted by molar-refractivity contribution is 7.89. The van der Waals surface area contributed by atoms with E-state index in [1.807, 2.05) is 0 Å². The third-order valence-corrected chi connectivity index (χ3v) is 6.71. The molecule has 2 heterocycles. The first-order valence-electron chi connectivity index (χ1n) is 11.2. The van der Waals surface area contributed by atoms with E-state index in [0.717, 1.165) is 12.1 Å². The molecule has 4 rings (SSSR count). The molecule has 0 amide bonds. The largest absolute Gasteiger partial charge is 0.464 e. The van der Waals surface area contributed by atoms with E-state index < -0.39 is 39.9 Å². The second-order valence-corrected chi connectivity index (χ2v) is 9.84. The van der Waals surface area contributed by atoms with Gasteiger partial charge in [0.1, 0.15) is 17.7 Å². The molecule has 37 heavy (non-hydrogen) atoms. The number of alkyl halides is 3. The number of benzene rings is 2. The van der Waals surface area contributed by atoms with E-state index in [4.69, 9.17) is 9.88 Å². The van der Waals surface area contributed by atoms with Crippen LogP contribution in [0.1, 0.15) is 25.6 Å². The summed E-state index contributed by atoms with van der Waals surface area (Å²) >= 11 is 0. The average Bonchev–Trinajstić information content (AvgIpc) is 3.33. The summed E-state index contributed by atoms with van der Waals surface area (Å²) < 4.78 is 84.7. The molecule has 1 fully saturated rings. The van der Waals surface area contributed by atoms with Gasteiger partial charge in [-0.15, -0.1) is 0 Å². The third kappa shape index (κ3) is 5.57. The normalized spacial score (nSPS) is 16.2. The van der Waals surface area contributed by atoms with Gasteiger partial charge < -0.3 is 9.64 Å². The van der Waals surface area contributed by atoms with Crippen molar-refractivity contribution in [3.8, 4) is 22.4 Å². The van der Waals surface area contributed by atoms with E-state index in [1.54, 1.807) is 6.92 Å². The van der Waals surface area contributed by atoms with Gasteiger partial charge in [-0.3, -0.25) is 0 Å². The Kier molecular flexibility index (Phi) is 7.20. The lowest BCUT2D eigenvalue weighted by Gasteiger charge is -2.28. The fraction of sp³-hybridized carbons (Fsp3) is 0.292. The topological polar surface area (TPSA) is 115 Å². The molecule has 2 aromatic carbocycles. The number of nitrogens with two attached hydrogens (primary N) is 1. The zero-order valence-electron chi connectivity index (χ0n) is 19.5. The number of nitrogens with zero attached hydrogens (tertiary/aromatic N) is 3. The Balaban J connectivity index is 2.07. The van der Waals surface area contributed by atoms with E-state index in [1.165, 1.54) is 41.3 Å². The minimum Gasteiger partial charge on any atom is -0.464 e. The van der Waals surface area contributed by atoms with Gasteiger partial charge in [-0.05, 0) is 61.7 Å². The van der Waals surface area contributed by atoms with Gasteiger partial charge in [0.15, 0.2) is 0 Å². The van der Waals surface area contributed by atoms with Crippen LogP contribution in [0.25, 0.3) is 22.4 Å². The van der Waals surface area contributed by atoms with Gasteiger partial charge in [0.2, 0.25) is 15.8 Å². The van der Waals surface area contributed by atoms with Gasteiger partial charge in [0, 0.05) is 12.1 Å². The first-order valence-corrected chi connectivity index (χ1v) is 12.8. The number of aromatic nitrogens is 2. The summed E-state index contributed by atoms with van der Waals surface area (Å²) in [5, 5.41) is 5.29. The van der Waals surface area contributed by atoms with Crippen molar-refractivity contribution >= 4 is 21.8 Å². The zero-order chi connectivity index (χ0) is 27.0. The van der Waals surface area contributed by atoms with E-state index in [9.17, 15) is 30.8 Å². The number of hydrogen-bond donors (Lipinski definition) is 1. The molecule has 1 saturated heterocycles. The molecule has 0 unspecified atom stereocenters. The average molecular weight is 539 g/mol. The molecule has 1 atom stereocenters. The molecule has 2 N–H and O–H groups in total. The molecule has 1 aromatic heterocycles. The number of hydrogen-bond acceptors (Lipinski definition) is 7. The van der Waals surface area contributed by atoms with Crippen molar-refractivity contribution in [2.45, 2.75) is 36.9 Å². The van der Waals surface area contributed by atoms with Crippen molar-refractivity contribution in [2.24, 2.45) is 5.14 Å². The van der Waals surface area contributed by atoms with Crippen LogP contribution in [0.3, 0.4) is 0 Å². The molecule has 0 bridgehead atoms. The third-order valence-electron chi connectivity index (χ3n) is 5.80. The number of carbonyl (C=O) groups excluding carboxylic acids is 1. The maximum absolute atomic E-state index is 14.0. The molecule has 8 nitrogen and oxygen atoms in total. The number of rotatable bonds is 6. The molecule has 0 spiro atoms. The van der Waals surface area contributed by atoms with E-state index >= 15 is 0 Å². The quantitative estimate of drug-likeness (QED) is 0.370. The smallest absolute Gasteiger partial charge is 0.451 e. The van der Waals surface area contributed by atoms with Gasteiger partial charge in [0.25, 0.3) is 0 Å². The minimum atomic E-state index is -4.95. The van der Waals surface area contributed by atoms with Crippen LogP contribution in [-0.4, -0.2) is 43.5 Å². The first kappa shape index (κ1) is 26.5. The first-order chi connectivity index (χ1) is 17.4. The molecular weight excluding hydrogens is 516 g/mol. The molecule has 3 aromatic rings. The highest BCUT2D eigenvalue weighted by Crippen LogP contribution is 2.42. The second kappa shape index (κ2) is 10.1. The molecule has 0 saturated carbocycles. The lowest BCUT2D eigenvalue weighted by Crippen LogP contribution is -2.38. The van der Waals surface area contributed by atoms with E-state index in [2.05, 4.69) is 9.97 Å². The van der Waals surface area contributed by atoms with Crippen LogP contribution >= 0.6 is 0 Å². The summed E-state index contributed by atoms with van der Waals surface area (Å²) in [6.45, 7) is 1.87. The Bertz CT molecular complexity index is 1430. The summed E-state index contributed by atoms with van der Waals surface area (Å²) in [5.74, 6) is -2.94. The maximum atomic E-state index is 14.0. The number of anilines is 1. The number of esters is 1. The van der Waals surface area contributed by atoms with Crippen LogP contribution in [0.2, 0.25) is 0 Å². The molecule has 0 aliphatic carbocycles. The molecule has 0 radical (unpaired) electrons. The van der Waals surface area contributed by atoms with Crippen molar-refractivity contribution in [1.82, 2.24) is 9.97 Å². The summed E-state index contributed by atoms with van der Waals surface area (Å²) in [6.07, 6.45) is -4.17. The van der Waals surface area contributed by atoms with Crippen LogP contribution in [0.4, 0.5) is 23.4 Å².